The fraction of sp³-hybridized carbons (Fsp3) is 0.389. The van der Waals surface area contributed by atoms with E-state index in [0.717, 1.165) is 5.56 Å². The number of hydrogen-bond acceptors (Lipinski definition) is 4. The maximum absolute atomic E-state index is 9.13. The molecular weight excluding hydrogens is 272 g/mol. The molecule has 1 aliphatic heterocycles. The zero-order valence-electron chi connectivity index (χ0n) is 12.9. The van der Waals surface area contributed by atoms with E-state index in [9.17, 15) is 0 Å². The minimum Gasteiger partial charge on any atom is -0.297 e. The van der Waals surface area contributed by atoms with Crippen LogP contribution in [-0.4, -0.2) is 28.0 Å². The third-order valence-corrected chi connectivity index (χ3v) is 4.41. The molecule has 112 valence electrons. The smallest absolute Gasteiger partial charge is 0.166 e. The lowest BCUT2D eigenvalue weighted by Crippen LogP contribution is -2.32. The van der Waals surface area contributed by atoms with Gasteiger partial charge in [0.1, 0.15) is 11.8 Å². The first-order valence-corrected chi connectivity index (χ1v) is 7.85. The molecule has 1 aliphatic rings. The fourth-order valence-corrected chi connectivity index (χ4v) is 3.07. The second kappa shape index (κ2) is 6.67. The SMILES string of the molecule is C[C@@H](c1ccc(-c2nccnc2C#N)cc1)N1CCCCC1. The van der Waals surface area contributed by atoms with Crippen LogP contribution in [0.25, 0.3) is 11.3 Å². The van der Waals surface area contributed by atoms with Crippen LogP contribution in [0.5, 0.6) is 0 Å². The monoisotopic (exact) mass is 292 g/mol. The number of rotatable bonds is 3. The first-order chi connectivity index (χ1) is 10.8. The molecule has 4 nitrogen and oxygen atoms in total. The molecule has 0 spiro atoms. The molecule has 0 saturated carbocycles. The molecule has 2 aromatic rings. The van der Waals surface area contributed by atoms with Gasteiger partial charge >= 0.3 is 0 Å². The van der Waals surface area contributed by atoms with Crippen LogP contribution in [0.3, 0.4) is 0 Å². The topological polar surface area (TPSA) is 52.8 Å². The van der Waals surface area contributed by atoms with Crippen molar-refractivity contribution >= 4 is 0 Å². The highest BCUT2D eigenvalue weighted by Gasteiger charge is 2.18. The molecular formula is C18H20N4. The van der Waals surface area contributed by atoms with Crippen molar-refractivity contribution < 1.29 is 0 Å². The lowest BCUT2D eigenvalue weighted by atomic mass is 10.0. The summed E-state index contributed by atoms with van der Waals surface area (Å²) in [4.78, 5) is 10.9. The van der Waals surface area contributed by atoms with Gasteiger partial charge in [0, 0.05) is 24.0 Å². The van der Waals surface area contributed by atoms with Gasteiger partial charge in [-0.1, -0.05) is 30.7 Å². The highest BCUT2D eigenvalue weighted by molar-refractivity contribution is 5.64. The second-order valence-electron chi connectivity index (χ2n) is 5.76. The highest BCUT2D eigenvalue weighted by Crippen LogP contribution is 2.26. The minimum atomic E-state index is 0.374. The van der Waals surface area contributed by atoms with E-state index in [4.69, 9.17) is 5.26 Å². The summed E-state index contributed by atoms with van der Waals surface area (Å²) in [6.45, 7) is 4.64. The molecule has 0 unspecified atom stereocenters. The lowest BCUT2D eigenvalue weighted by Gasteiger charge is -2.32. The molecule has 1 saturated heterocycles. The predicted molar refractivity (Wildman–Crippen MR) is 86.0 cm³/mol. The van der Waals surface area contributed by atoms with Crippen molar-refractivity contribution in [3.05, 3.63) is 47.9 Å². The summed E-state index contributed by atoms with van der Waals surface area (Å²) >= 11 is 0. The van der Waals surface area contributed by atoms with Gasteiger partial charge in [-0.3, -0.25) is 9.88 Å². The van der Waals surface area contributed by atoms with Crippen LogP contribution in [-0.2, 0) is 0 Å². The normalized spacial score (nSPS) is 16.9. The van der Waals surface area contributed by atoms with E-state index in [-0.39, 0.29) is 0 Å². The van der Waals surface area contributed by atoms with E-state index in [1.165, 1.54) is 37.9 Å². The first-order valence-electron chi connectivity index (χ1n) is 7.85. The van der Waals surface area contributed by atoms with Crippen molar-refractivity contribution in [3.63, 3.8) is 0 Å². The number of nitriles is 1. The van der Waals surface area contributed by atoms with E-state index in [1.807, 2.05) is 12.1 Å². The standard InChI is InChI=1S/C18H20N4/c1-14(22-11-3-2-4-12-22)15-5-7-16(8-6-15)18-17(13-19)20-9-10-21-18/h5-10,14H,2-4,11-12H2,1H3/t14-/m0/s1. The fourth-order valence-electron chi connectivity index (χ4n) is 3.07. The molecule has 1 atom stereocenters. The summed E-state index contributed by atoms with van der Waals surface area (Å²) in [6, 6.07) is 10.9. The van der Waals surface area contributed by atoms with Gasteiger partial charge in [-0.05, 0) is 38.4 Å². The molecule has 2 heterocycles. The summed E-state index contributed by atoms with van der Waals surface area (Å²) < 4.78 is 0. The molecule has 3 rings (SSSR count). The summed E-state index contributed by atoms with van der Waals surface area (Å²) in [5, 5.41) is 9.13. The Morgan fingerprint density at radius 3 is 2.41 bits per heavy atom. The average molecular weight is 292 g/mol. The molecule has 0 amide bonds. The van der Waals surface area contributed by atoms with Crippen molar-refractivity contribution in [1.82, 2.24) is 14.9 Å². The van der Waals surface area contributed by atoms with Crippen LogP contribution in [0.2, 0.25) is 0 Å². The number of hydrogen-bond donors (Lipinski definition) is 0. The van der Waals surface area contributed by atoms with Crippen molar-refractivity contribution in [2.24, 2.45) is 0 Å². The number of nitrogens with zero attached hydrogens (tertiary/aromatic N) is 4. The van der Waals surface area contributed by atoms with E-state index >= 15 is 0 Å². The summed E-state index contributed by atoms with van der Waals surface area (Å²) in [5.74, 6) is 0. The molecule has 0 radical (unpaired) electrons. The maximum Gasteiger partial charge on any atom is 0.166 e. The third kappa shape index (κ3) is 3.00. The van der Waals surface area contributed by atoms with Crippen LogP contribution in [0.1, 0.15) is 43.5 Å². The Morgan fingerprint density at radius 1 is 1.05 bits per heavy atom. The number of benzene rings is 1. The van der Waals surface area contributed by atoms with Crippen molar-refractivity contribution in [3.8, 4) is 17.3 Å². The van der Waals surface area contributed by atoms with Crippen molar-refractivity contribution in [1.29, 1.82) is 5.26 Å². The number of likely N-dealkylation sites (tertiary alicyclic amines) is 1. The van der Waals surface area contributed by atoms with Crippen LogP contribution in [0, 0.1) is 11.3 Å². The van der Waals surface area contributed by atoms with E-state index in [2.05, 4.69) is 40.0 Å². The summed E-state index contributed by atoms with van der Waals surface area (Å²) in [5.41, 5.74) is 3.29. The molecule has 0 aliphatic carbocycles. The molecule has 22 heavy (non-hydrogen) atoms. The third-order valence-electron chi connectivity index (χ3n) is 4.41. The summed E-state index contributed by atoms with van der Waals surface area (Å²) in [6.07, 6.45) is 7.13. The zero-order chi connectivity index (χ0) is 15.4. The minimum absolute atomic E-state index is 0.374. The predicted octanol–water partition coefficient (Wildman–Crippen LogP) is 3.56. The molecule has 1 fully saturated rings. The van der Waals surface area contributed by atoms with Crippen molar-refractivity contribution in [2.75, 3.05) is 13.1 Å². The van der Waals surface area contributed by atoms with Crippen LogP contribution in [0.4, 0.5) is 0 Å². The van der Waals surface area contributed by atoms with Gasteiger partial charge in [0.05, 0.1) is 0 Å². The van der Waals surface area contributed by atoms with Gasteiger partial charge in [0.15, 0.2) is 5.69 Å². The largest absolute Gasteiger partial charge is 0.297 e. The van der Waals surface area contributed by atoms with E-state index in [0.29, 0.717) is 17.4 Å². The molecule has 1 aromatic heterocycles. The average Bonchev–Trinajstić information content (AvgIpc) is 2.62. The molecule has 0 N–H and O–H groups in total. The van der Waals surface area contributed by atoms with Gasteiger partial charge < -0.3 is 0 Å². The Balaban J connectivity index is 1.82. The first kappa shape index (κ1) is 14.7. The zero-order valence-corrected chi connectivity index (χ0v) is 12.9. The Bertz CT molecular complexity index is 666. The van der Waals surface area contributed by atoms with Gasteiger partial charge in [-0.25, -0.2) is 4.98 Å². The maximum atomic E-state index is 9.13. The Kier molecular flexibility index (Phi) is 4.45. The van der Waals surface area contributed by atoms with Crippen LogP contribution in [0.15, 0.2) is 36.7 Å². The van der Waals surface area contributed by atoms with Gasteiger partial charge in [0.2, 0.25) is 0 Å². The van der Waals surface area contributed by atoms with Gasteiger partial charge in [-0.15, -0.1) is 0 Å². The Labute approximate surface area is 131 Å². The van der Waals surface area contributed by atoms with Gasteiger partial charge in [-0.2, -0.15) is 5.26 Å². The van der Waals surface area contributed by atoms with Crippen LogP contribution < -0.4 is 0 Å². The molecule has 1 aromatic carbocycles. The quantitative estimate of drug-likeness (QED) is 0.868. The van der Waals surface area contributed by atoms with E-state index < -0.39 is 0 Å². The summed E-state index contributed by atoms with van der Waals surface area (Å²) in [7, 11) is 0. The lowest BCUT2D eigenvalue weighted by molar-refractivity contribution is 0.175. The Hall–Kier alpha value is -2.25. The second-order valence-corrected chi connectivity index (χ2v) is 5.76. The van der Waals surface area contributed by atoms with Gasteiger partial charge in [0.25, 0.3) is 0 Å². The van der Waals surface area contributed by atoms with E-state index in [1.54, 1.807) is 12.4 Å². The molecule has 0 bridgehead atoms. The van der Waals surface area contributed by atoms with Crippen LogP contribution >= 0.6 is 0 Å². The highest BCUT2D eigenvalue weighted by atomic mass is 15.2. The number of piperidine rings is 1. The molecule has 4 heteroatoms. The van der Waals surface area contributed by atoms with Crippen molar-refractivity contribution in [2.45, 2.75) is 32.2 Å². The Morgan fingerprint density at radius 2 is 1.73 bits per heavy atom. The number of aromatic nitrogens is 2.